The van der Waals surface area contributed by atoms with E-state index in [4.69, 9.17) is 16.0 Å². The van der Waals surface area contributed by atoms with E-state index in [1.165, 1.54) is 6.07 Å². The molecule has 0 radical (unpaired) electrons. The van der Waals surface area contributed by atoms with Gasteiger partial charge in [0.05, 0.1) is 5.56 Å². The molecule has 3 rings (SSSR count). The zero-order valence-corrected chi connectivity index (χ0v) is 15.7. The van der Waals surface area contributed by atoms with Gasteiger partial charge in [-0.2, -0.15) is 0 Å². The lowest BCUT2D eigenvalue weighted by atomic mass is 10.0. The van der Waals surface area contributed by atoms with E-state index >= 15 is 0 Å². The van der Waals surface area contributed by atoms with Gasteiger partial charge in [-0.1, -0.05) is 23.7 Å². The van der Waals surface area contributed by atoms with Gasteiger partial charge < -0.3 is 9.73 Å². The Balaban J connectivity index is 1.74. The smallest absolute Gasteiger partial charge is 0.296 e. The number of furan rings is 1. The molecular formula is C20H20ClNO4. The van der Waals surface area contributed by atoms with Crippen molar-refractivity contribution in [1.29, 1.82) is 0 Å². The molecule has 0 saturated heterocycles. The summed E-state index contributed by atoms with van der Waals surface area (Å²) in [6, 6.07) is 6.79. The van der Waals surface area contributed by atoms with Crippen molar-refractivity contribution in [3.63, 3.8) is 0 Å². The van der Waals surface area contributed by atoms with E-state index in [1.807, 2.05) is 26.0 Å². The third-order valence-corrected chi connectivity index (χ3v) is 5.07. The maximum atomic E-state index is 12.6. The Morgan fingerprint density at radius 3 is 2.50 bits per heavy atom. The molecule has 6 heteroatoms. The summed E-state index contributed by atoms with van der Waals surface area (Å²) in [5.41, 5.74) is 1.72. The van der Waals surface area contributed by atoms with Crippen molar-refractivity contribution in [3.05, 3.63) is 57.5 Å². The van der Waals surface area contributed by atoms with Gasteiger partial charge in [0, 0.05) is 17.0 Å². The van der Waals surface area contributed by atoms with Gasteiger partial charge in [0.25, 0.3) is 11.7 Å². The molecule has 1 N–H and O–H groups in total. The fraction of sp³-hybridized carbons (Fsp3) is 0.350. The Hall–Kier alpha value is -2.40. The number of hydrogen-bond acceptors (Lipinski definition) is 4. The molecule has 0 bridgehead atoms. The summed E-state index contributed by atoms with van der Waals surface area (Å²) in [7, 11) is 0. The topological polar surface area (TPSA) is 76.4 Å². The van der Waals surface area contributed by atoms with Crippen molar-refractivity contribution in [2.24, 2.45) is 0 Å². The van der Waals surface area contributed by atoms with Gasteiger partial charge in [-0.3, -0.25) is 14.4 Å². The SMILES string of the molecule is Cc1ccc(CC(=O)c2cc(C(=O)C(=O)NC3(C)CC3)oc2C)cc1Cl. The minimum atomic E-state index is -0.765. The second kappa shape index (κ2) is 6.72. The van der Waals surface area contributed by atoms with Crippen LogP contribution >= 0.6 is 11.6 Å². The number of amides is 1. The lowest BCUT2D eigenvalue weighted by molar-refractivity contribution is -0.117. The fourth-order valence-corrected chi connectivity index (χ4v) is 2.86. The quantitative estimate of drug-likeness (QED) is 0.616. The second-order valence-corrected chi connectivity index (χ2v) is 7.52. The fourth-order valence-electron chi connectivity index (χ4n) is 2.65. The summed E-state index contributed by atoms with van der Waals surface area (Å²) in [5, 5.41) is 3.29. The average molecular weight is 374 g/mol. The molecule has 0 aliphatic heterocycles. The lowest BCUT2D eigenvalue weighted by Crippen LogP contribution is -2.39. The Labute approximate surface area is 156 Å². The zero-order valence-electron chi connectivity index (χ0n) is 14.9. The Morgan fingerprint density at radius 2 is 1.88 bits per heavy atom. The second-order valence-electron chi connectivity index (χ2n) is 7.11. The molecule has 5 nitrogen and oxygen atoms in total. The maximum Gasteiger partial charge on any atom is 0.296 e. The Bertz CT molecular complexity index is 909. The summed E-state index contributed by atoms with van der Waals surface area (Å²) >= 11 is 6.09. The highest BCUT2D eigenvalue weighted by Crippen LogP contribution is 2.34. The minimum absolute atomic E-state index is 0.116. The van der Waals surface area contributed by atoms with E-state index in [0.717, 1.165) is 24.0 Å². The molecule has 0 atom stereocenters. The molecule has 2 aromatic rings. The third kappa shape index (κ3) is 3.88. The number of carbonyl (C=O) groups is 3. The zero-order chi connectivity index (χ0) is 19.1. The molecule has 136 valence electrons. The molecule has 26 heavy (non-hydrogen) atoms. The van der Waals surface area contributed by atoms with E-state index in [9.17, 15) is 14.4 Å². The first-order chi connectivity index (χ1) is 12.2. The molecule has 1 fully saturated rings. The van der Waals surface area contributed by atoms with E-state index < -0.39 is 11.7 Å². The summed E-state index contributed by atoms with van der Waals surface area (Å²) in [6.45, 7) is 5.37. The van der Waals surface area contributed by atoms with Crippen molar-refractivity contribution in [1.82, 2.24) is 5.32 Å². The van der Waals surface area contributed by atoms with Gasteiger partial charge in [0.15, 0.2) is 11.5 Å². The van der Waals surface area contributed by atoms with Crippen LogP contribution in [-0.4, -0.2) is 23.0 Å². The summed E-state index contributed by atoms with van der Waals surface area (Å²) in [6.07, 6.45) is 1.84. The van der Waals surface area contributed by atoms with Gasteiger partial charge in [0.2, 0.25) is 0 Å². The van der Waals surface area contributed by atoms with Gasteiger partial charge in [-0.05, 0) is 56.9 Å². The Morgan fingerprint density at radius 1 is 1.19 bits per heavy atom. The van der Waals surface area contributed by atoms with Crippen LogP contribution in [0.4, 0.5) is 0 Å². The highest BCUT2D eigenvalue weighted by Gasteiger charge is 2.40. The predicted molar refractivity (Wildman–Crippen MR) is 97.8 cm³/mol. The van der Waals surface area contributed by atoms with Crippen LogP contribution < -0.4 is 5.32 Å². The highest BCUT2D eigenvalue weighted by atomic mass is 35.5. The largest absolute Gasteiger partial charge is 0.457 e. The van der Waals surface area contributed by atoms with Crippen molar-refractivity contribution < 1.29 is 18.8 Å². The number of halogens is 1. The van der Waals surface area contributed by atoms with E-state index in [1.54, 1.807) is 13.0 Å². The van der Waals surface area contributed by atoms with Crippen LogP contribution in [0.1, 0.15) is 57.6 Å². The van der Waals surface area contributed by atoms with Crippen LogP contribution in [0.25, 0.3) is 0 Å². The monoisotopic (exact) mass is 373 g/mol. The summed E-state index contributed by atoms with van der Waals surface area (Å²) in [5.74, 6) is -1.46. The maximum absolute atomic E-state index is 12.6. The number of carbonyl (C=O) groups excluding carboxylic acids is 3. The molecule has 0 unspecified atom stereocenters. The molecule has 1 heterocycles. The number of aryl methyl sites for hydroxylation is 2. The summed E-state index contributed by atoms with van der Waals surface area (Å²) in [4.78, 5) is 36.8. The van der Waals surface area contributed by atoms with Crippen LogP contribution in [0.5, 0.6) is 0 Å². The normalized spacial score (nSPS) is 14.8. The van der Waals surface area contributed by atoms with Crippen LogP contribution in [0.2, 0.25) is 5.02 Å². The average Bonchev–Trinajstić information content (AvgIpc) is 3.16. The number of Topliss-reactive ketones (excluding diaryl/α,β-unsaturated/α-hetero) is 2. The van der Waals surface area contributed by atoms with Crippen molar-refractivity contribution in [3.8, 4) is 0 Å². The molecular weight excluding hydrogens is 354 g/mol. The number of hydrogen-bond donors (Lipinski definition) is 1. The lowest BCUT2D eigenvalue weighted by Gasteiger charge is -2.08. The molecule has 1 aromatic carbocycles. The van der Waals surface area contributed by atoms with Gasteiger partial charge in [-0.25, -0.2) is 0 Å². The van der Waals surface area contributed by atoms with Crippen LogP contribution in [0.15, 0.2) is 28.7 Å². The molecule has 1 aliphatic carbocycles. The van der Waals surface area contributed by atoms with Crippen LogP contribution in [0.3, 0.4) is 0 Å². The first-order valence-electron chi connectivity index (χ1n) is 8.44. The number of ketones is 2. The Kier molecular flexibility index (Phi) is 4.76. The van der Waals surface area contributed by atoms with Crippen molar-refractivity contribution in [2.45, 2.75) is 45.6 Å². The van der Waals surface area contributed by atoms with Crippen molar-refractivity contribution >= 4 is 29.1 Å². The third-order valence-electron chi connectivity index (χ3n) is 4.66. The van der Waals surface area contributed by atoms with E-state index in [0.29, 0.717) is 16.3 Å². The van der Waals surface area contributed by atoms with E-state index in [2.05, 4.69) is 5.32 Å². The number of rotatable bonds is 6. The van der Waals surface area contributed by atoms with Gasteiger partial charge in [-0.15, -0.1) is 0 Å². The van der Waals surface area contributed by atoms with Gasteiger partial charge >= 0.3 is 0 Å². The molecule has 1 amide bonds. The van der Waals surface area contributed by atoms with Crippen molar-refractivity contribution in [2.75, 3.05) is 0 Å². The summed E-state index contributed by atoms with van der Waals surface area (Å²) < 4.78 is 5.38. The molecule has 0 spiro atoms. The van der Waals surface area contributed by atoms with E-state index in [-0.39, 0.29) is 23.5 Å². The molecule has 1 aromatic heterocycles. The van der Waals surface area contributed by atoms with Crippen LogP contribution in [-0.2, 0) is 11.2 Å². The number of benzene rings is 1. The molecule has 1 saturated carbocycles. The standard InChI is InChI=1S/C20H20ClNO4/c1-11-4-5-13(8-15(11)21)9-16(23)14-10-17(26-12(14)2)18(24)19(25)22-20(3)6-7-20/h4-5,8,10H,6-7,9H2,1-3H3,(H,22,25). The predicted octanol–water partition coefficient (Wildman–Crippen LogP) is 3.83. The number of nitrogens with one attached hydrogen (secondary N) is 1. The first-order valence-corrected chi connectivity index (χ1v) is 8.82. The molecule has 1 aliphatic rings. The minimum Gasteiger partial charge on any atom is -0.457 e. The van der Waals surface area contributed by atoms with Crippen LogP contribution in [0, 0.1) is 13.8 Å². The van der Waals surface area contributed by atoms with Gasteiger partial charge in [0.1, 0.15) is 5.76 Å². The highest BCUT2D eigenvalue weighted by molar-refractivity contribution is 6.42. The first kappa shape index (κ1) is 18.4.